The number of nitrogens with zero attached hydrogens (tertiary/aromatic N) is 1. The van der Waals surface area contributed by atoms with Gasteiger partial charge in [-0.25, -0.2) is 12.7 Å². The van der Waals surface area contributed by atoms with E-state index in [0.29, 0.717) is 31.0 Å². The molecule has 0 aromatic carbocycles. The predicted molar refractivity (Wildman–Crippen MR) is 81.1 cm³/mol. The van der Waals surface area contributed by atoms with Crippen molar-refractivity contribution in [3.8, 4) is 0 Å². The van der Waals surface area contributed by atoms with E-state index in [1.54, 1.807) is 6.92 Å². The van der Waals surface area contributed by atoms with Gasteiger partial charge in [-0.3, -0.25) is 4.79 Å². The minimum absolute atomic E-state index is 0.0785. The fraction of sp³-hybridized carbons (Fsp3) is 0.933. The zero-order valence-corrected chi connectivity index (χ0v) is 13.6. The van der Waals surface area contributed by atoms with Crippen molar-refractivity contribution in [2.24, 2.45) is 17.8 Å². The van der Waals surface area contributed by atoms with E-state index in [1.165, 1.54) is 30.0 Å². The van der Waals surface area contributed by atoms with Gasteiger partial charge in [0.05, 0.1) is 11.7 Å². The Kier molecular flexibility index (Phi) is 4.28. The minimum atomic E-state index is -3.17. The van der Waals surface area contributed by atoms with Crippen molar-refractivity contribution in [1.82, 2.24) is 9.62 Å². The Morgan fingerprint density at radius 2 is 1.81 bits per heavy atom. The van der Waals surface area contributed by atoms with Crippen molar-refractivity contribution in [2.45, 2.75) is 51.5 Å². The molecule has 2 aliphatic carbocycles. The second kappa shape index (κ2) is 5.88. The highest BCUT2D eigenvalue weighted by Gasteiger charge is 2.43. The van der Waals surface area contributed by atoms with Gasteiger partial charge in [0, 0.05) is 19.1 Å². The lowest BCUT2D eigenvalue weighted by Crippen LogP contribution is -2.48. The Bertz CT molecular complexity index is 485. The minimum Gasteiger partial charge on any atom is -0.353 e. The van der Waals surface area contributed by atoms with Crippen LogP contribution in [0, 0.1) is 17.8 Å². The van der Waals surface area contributed by atoms with Gasteiger partial charge in [0.25, 0.3) is 0 Å². The standard InChI is InChI=1S/C15H26N2O3S/c1-2-21(19,20)17-9-3-4-13(10-17)15(18)16-14(11-5-6-11)12-7-8-12/h11-14H,2-10H2,1H3,(H,16,18)/t13-/m1/s1. The Hall–Kier alpha value is -0.620. The Labute approximate surface area is 127 Å². The number of piperidine rings is 1. The van der Waals surface area contributed by atoms with Crippen LogP contribution in [0.15, 0.2) is 0 Å². The number of hydrogen-bond acceptors (Lipinski definition) is 3. The number of nitrogens with one attached hydrogen (secondary N) is 1. The van der Waals surface area contributed by atoms with Crippen molar-refractivity contribution in [2.75, 3.05) is 18.8 Å². The molecule has 1 saturated heterocycles. The summed E-state index contributed by atoms with van der Waals surface area (Å²) in [6, 6.07) is 0.357. The predicted octanol–water partition coefficient (Wildman–Crippen LogP) is 1.35. The summed E-state index contributed by atoms with van der Waals surface area (Å²) in [5.41, 5.74) is 0. The molecule has 0 radical (unpaired) electrons. The molecule has 3 fully saturated rings. The third-order valence-electron chi connectivity index (χ3n) is 5.08. The van der Waals surface area contributed by atoms with Crippen molar-refractivity contribution >= 4 is 15.9 Å². The van der Waals surface area contributed by atoms with Gasteiger partial charge in [0.2, 0.25) is 15.9 Å². The summed E-state index contributed by atoms with van der Waals surface area (Å²) < 4.78 is 25.5. The molecule has 0 spiro atoms. The van der Waals surface area contributed by atoms with E-state index >= 15 is 0 Å². The first-order valence-electron chi connectivity index (χ1n) is 8.29. The van der Waals surface area contributed by atoms with E-state index in [9.17, 15) is 13.2 Å². The van der Waals surface area contributed by atoms with Gasteiger partial charge < -0.3 is 5.32 Å². The lowest BCUT2D eigenvalue weighted by Gasteiger charge is -2.32. The molecule has 3 rings (SSSR count). The van der Waals surface area contributed by atoms with Crippen molar-refractivity contribution in [3.63, 3.8) is 0 Å². The van der Waals surface area contributed by atoms with E-state index in [2.05, 4.69) is 5.32 Å². The third-order valence-corrected chi connectivity index (χ3v) is 6.93. The number of amides is 1. The number of rotatable bonds is 6. The Morgan fingerprint density at radius 3 is 2.33 bits per heavy atom. The average molecular weight is 314 g/mol. The molecule has 1 amide bonds. The fourth-order valence-electron chi connectivity index (χ4n) is 3.41. The van der Waals surface area contributed by atoms with Crippen LogP contribution in [-0.2, 0) is 14.8 Å². The van der Waals surface area contributed by atoms with Crippen LogP contribution >= 0.6 is 0 Å². The van der Waals surface area contributed by atoms with Gasteiger partial charge in [0.15, 0.2) is 0 Å². The summed E-state index contributed by atoms with van der Waals surface area (Å²) in [4.78, 5) is 12.5. The summed E-state index contributed by atoms with van der Waals surface area (Å²) in [6.07, 6.45) is 6.55. The van der Waals surface area contributed by atoms with E-state index in [0.717, 1.165) is 12.8 Å². The molecule has 0 unspecified atom stereocenters. The summed E-state index contributed by atoms with van der Waals surface area (Å²) in [5.74, 6) is 1.39. The van der Waals surface area contributed by atoms with Crippen LogP contribution in [0.4, 0.5) is 0 Å². The maximum atomic E-state index is 12.5. The molecule has 1 heterocycles. The highest BCUT2D eigenvalue weighted by molar-refractivity contribution is 7.89. The van der Waals surface area contributed by atoms with E-state index in [-0.39, 0.29) is 17.6 Å². The Balaban J connectivity index is 1.59. The maximum Gasteiger partial charge on any atom is 0.224 e. The molecular weight excluding hydrogens is 288 g/mol. The molecule has 1 aliphatic heterocycles. The highest BCUT2D eigenvalue weighted by atomic mass is 32.2. The van der Waals surface area contributed by atoms with Crippen LogP contribution in [0.25, 0.3) is 0 Å². The molecule has 6 heteroatoms. The summed E-state index contributed by atoms with van der Waals surface area (Å²) in [5, 5.41) is 3.24. The first kappa shape index (κ1) is 15.3. The lowest BCUT2D eigenvalue weighted by molar-refractivity contribution is -0.127. The van der Waals surface area contributed by atoms with Gasteiger partial charge in [-0.2, -0.15) is 0 Å². The molecular formula is C15H26N2O3S. The maximum absolute atomic E-state index is 12.5. The van der Waals surface area contributed by atoms with E-state index in [4.69, 9.17) is 0 Å². The summed E-state index contributed by atoms with van der Waals surface area (Å²) >= 11 is 0. The summed E-state index contributed by atoms with van der Waals surface area (Å²) in [6.45, 7) is 2.59. The SMILES string of the molecule is CCS(=O)(=O)N1CCC[C@@H](C(=O)NC(C2CC2)C2CC2)C1. The normalized spacial score (nSPS) is 27.8. The average Bonchev–Trinajstić information content (AvgIpc) is 3.38. The number of carbonyl (C=O) groups is 1. The summed E-state index contributed by atoms with van der Waals surface area (Å²) in [7, 11) is -3.17. The van der Waals surface area contributed by atoms with Crippen LogP contribution < -0.4 is 5.32 Å². The lowest BCUT2D eigenvalue weighted by atomic mass is 9.97. The first-order chi connectivity index (χ1) is 10.0. The fourth-order valence-corrected chi connectivity index (χ4v) is 4.58. The number of carbonyl (C=O) groups excluding carboxylic acids is 1. The van der Waals surface area contributed by atoms with Gasteiger partial charge in [-0.05, 0) is 57.3 Å². The largest absolute Gasteiger partial charge is 0.353 e. The van der Waals surface area contributed by atoms with Gasteiger partial charge in [-0.15, -0.1) is 0 Å². The van der Waals surface area contributed by atoms with E-state index < -0.39 is 10.0 Å². The van der Waals surface area contributed by atoms with Crippen molar-refractivity contribution in [1.29, 1.82) is 0 Å². The second-order valence-corrected chi connectivity index (χ2v) is 9.06. The highest BCUT2D eigenvalue weighted by Crippen LogP contribution is 2.44. The quantitative estimate of drug-likeness (QED) is 0.805. The first-order valence-corrected chi connectivity index (χ1v) is 9.90. The molecule has 1 N–H and O–H groups in total. The zero-order valence-electron chi connectivity index (χ0n) is 12.8. The van der Waals surface area contributed by atoms with Gasteiger partial charge in [0.1, 0.15) is 0 Å². The molecule has 0 aromatic heterocycles. The molecule has 0 aromatic rings. The van der Waals surface area contributed by atoms with Crippen molar-refractivity contribution in [3.05, 3.63) is 0 Å². The smallest absolute Gasteiger partial charge is 0.224 e. The van der Waals surface area contributed by atoms with Gasteiger partial charge in [-0.1, -0.05) is 0 Å². The molecule has 120 valence electrons. The topological polar surface area (TPSA) is 66.5 Å². The van der Waals surface area contributed by atoms with Gasteiger partial charge >= 0.3 is 0 Å². The molecule has 1 atom stereocenters. The molecule has 21 heavy (non-hydrogen) atoms. The van der Waals surface area contributed by atoms with E-state index in [1.807, 2.05) is 0 Å². The third kappa shape index (κ3) is 3.59. The monoisotopic (exact) mass is 314 g/mol. The van der Waals surface area contributed by atoms with Crippen LogP contribution in [0.2, 0.25) is 0 Å². The van der Waals surface area contributed by atoms with Crippen LogP contribution in [0.3, 0.4) is 0 Å². The zero-order chi connectivity index (χ0) is 15.0. The second-order valence-electron chi connectivity index (χ2n) is 6.81. The van der Waals surface area contributed by atoms with Crippen LogP contribution in [0.5, 0.6) is 0 Å². The van der Waals surface area contributed by atoms with Crippen LogP contribution in [-0.4, -0.2) is 43.5 Å². The van der Waals surface area contributed by atoms with Crippen LogP contribution in [0.1, 0.15) is 45.4 Å². The number of sulfonamides is 1. The molecule has 0 bridgehead atoms. The molecule has 3 aliphatic rings. The molecule has 2 saturated carbocycles. The molecule has 5 nitrogen and oxygen atoms in total. The van der Waals surface area contributed by atoms with Crippen molar-refractivity contribution < 1.29 is 13.2 Å². The number of hydrogen-bond donors (Lipinski definition) is 1. The Morgan fingerprint density at radius 1 is 1.19 bits per heavy atom.